The van der Waals surface area contributed by atoms with Gasteiger partial charge < -0.3 is 15.1 Å². The van der Waals surface area contributed by atoms with E-state index in [9.17, 15) is 4.79 Å². The molecule has 4 heteroatoms. The van der Waals surface area contributed by atoms with Gasteiger partial charge in [-0.1, -0.05) is 13.8 Å². The van der Waals surface area contributed by atoms with Gasteiger partial charge >= 0.3 is 0 Å². The number of amides is 1. The first kappa shape index (κ1) is 16.8. The molecule has 4 nitrogen and oxygen atoms in total. The molecule has 0 radical (unpaired) electrons. The summed E-state index contributed by atoms with van der Waals surface area (Å²) < 4.78 is 0. The Hall–Kier alpha value is -0.610. The van der Waals surface area contributed by atoms with Crippen LogP contribution in [0.15, 0.2) is 0 Å². The van der Waals surface area contributed by atoms with E-state index in [4.69, 9.17) is 0 Å². The van der Waals surface area contributed by atoms with Crippen molar-refractivity contribution in [3.8, 4) is 0 Å². The minimum atomic E-state index is -0.177. The molecule has 1 unspecified atom stereocenters. The van der Waals surface area contributed by atoms with Gasteiger partial charge in [0.2, 0.25) is 5.91 Å². The fourth-order valence-corrected chi connectivity index (χ4v) is 3.94. The van der Waals surface area contributed by atoms with E-state index in [0.29, 0.717) is 23.9 Å². The van der Waals surface area contributed by atoms with E-state index in [2.05, 4.69) is 42.8 Å². The Morgan fingerprint density at radius 2 is 1.86 bits per heavy atom. The highest BCUT2D eigenvalue weighted by molar-refractivity contribution is 5.83. The fraction of sp³-hybridized carbons (Fsp3) is 0.941. The van der Waals surface area contributed by atoms with E-state index in [1.54, 1.807) is 0 Å². The molecule has 21 heavy (non-hydrogen) atoms. The van der Waals surface area contributed by atoms with Crippen LogP contribution in [0.4, 0.5) is 0 Å². The number of nitrogens with one attached hydrogen (secondary N) is 1. The van der Waals surface area contributed by atoms with Crippen molar-refractivity contribution in [2.24, 2.45) is 11.3 Å². The van der Waals surface area contributed by atoms with E-state index < -0.39 is 0 Å². The van der Waals surface area contributed by atoms with Gasteiger partial charge in [-0.05, 0) is 45.6 Å². The molecule has 2 aliphatic rings. The molecule has 2 rings (SSSR count). The van der Waals surface area contributed by atoms with Crippen molar-refractivity contribution in [2.45, 2.75) is 59.0 Å². The maximum Gasteiger partial charge on any atom is 0.230 e. The van der Waals surface area contributed by atoms with E-state index in [1.807, 2.05) is 7.05 Å². The van der Waals surface area contributed by atoms with Gasteiger partial charge in [-0.3, -0.25) is 4.79 Å². The van der Waals surface area contributed by atoms with Crippen molar-refractivity contribution in [3.63, 3.8) is 0 Å². The predicted octanol–water partition coefficient (Wildman–Crippen LogP) is 1.95. The molecule has 0 aromatic carbocycles. The minimum Gasteiger partial charge on any atom is -0.342 e. The van der Waals surface area contributed by atoms with Crippen LogP contribution in [0.25, 0.3) is 0 Å². The van der Waals surface area contributed by atoms with Crippen LogP contribution >= 0.6 is 0 Å². The summed E-state index contributed by atoms with van der Waals surface area (Å²) in [6.45, 7) is 13.0. The Morgan fingerprint density at radius 3 is 2.29 bits per heavy atom. The zero-order valence-corrected chi connectivity index (χ0v) is 14.5. The minimum absolute atomic E-state index is 0.177. The third kappa shape index (κ3) is 3.26. The second-order valence-electron chi connectivity index (χ2n) is 7.51. The smallest absolute Gasteiger partial charge is 0.230 e. The summed E-state index contributed by atoms with van der Waals surface area (Å²) >= 11 is 0. The summed E-state index contributed by atoms with van der Waals surface area (Å²) in [6.07, 6.45) is 3.21. The molecular weight excluding hydrogens is 262 g/mol. The van der Waals surface area contributed by atoms with Gasteiger partial charge in [0, 0.05) is 38.8 Å². The van der Waals surface area contributed by atoms with Gasteiger partial charge in [0.25, 0.3) is 0 Å². The third-order valence-electron chi connectivity index (χ3n) is 5.82. The number of rotatable bonds is 4. The average Bonchev–Trinajstić information content (AvgIpc) is 2.96. The largest absolute Gasteiger partial charge is 0.342 e. The number of likely N-dealkylation sites (tertiary alicyclic amines) is 1. The first-order valence-electron chi connectivity index (χ1n) is 8.60. The lowest BCUT2D eigenvalue weighted by molar-refractivity contribution is -0.145. The van der Waals surface area contributed by atoms with Crippen LogP contribution < -0.4 is 5.32 Å². The molecule has 0 aromatic heterocycles. The van der Waals surface area contributed by atoms with Crippen molar-refractivity contribution in [1.29, 1.82) is 0 Å². The second-order valence-corrected chi connectivity index (χ2v) is 7.51. The van der Waals surface area contributed by atoms with Gasteiger partial charge in [-0.25, -0.2) is 0 Å². The van der Waals surface area contributed by atoms with Crippen molar-refractivity contribution in [1.82, 2.24) is 15.1 Å². The molecule has 0 saturated carbocycles. The maximum absolute atomic E-state index is 13.1. The van der Waals surface area contributed by atoms with Crippen molar-refractivity contribution < 1.29 is 4.79 Å². The van der Waals surface area contributed by atoms with Crippen LogP contribution in [-0.2, 0) is 4.79 Å². The maximum atomic E-state index is 13.1. The Bertz CT molecular complexity index is 353. The zero-order valence-electron chi connectivity index (χ0n) is 14.5. The number of carbonyl (C=O) groups is 1. The Kier molecular flexibility index (Phi) is 5.31. The molecular formula is C17H33N3O. The zero-order chi connectivity index (χ0) is 15.6. The fourth-order valence-electron chi connectivity index (χ4n) is 3.94. The van der Waals surface area contributed by atoms with Crippen LogP contribution in [0.2, 0.25) is 0 Å². The van der Waals surface area contributed by atoms with Gasteiger partial charge in [0.05, 0.1) is 5.41 Å². The molecule has 1 amide bonds. The summed E-state index contributed by atoms with van der Waals surface area (Å²) in [5, 5.41) is 3.40. The lowest BCUT2D eigenvalue weighted by Crippen LogP contribution is -2.53. The number of carbonyl (C=O) groups excluding carboxylic acids is 1. The van der Waals surface area contributed by atoms with E-state index in [0.717, 1.165) is 45.4 Å². The van der Waals surface area contributed by atoms with E-state index in [-0.39, 0.29) is 5.41 Å². The SMILES string of the molecule is CC(C)N1CCC(N(C)C(=O)C2(C(C)C)CCNC2)CC1. The molecule has 0 spiro atoms. The van der Waals surface area contributed by atoms with Crippen molar-refractivity contribution in [2.75, 3.05) is 33.2 Å². The molecule has 2 heterocycles. The third-order valence-corrected chi connectivity index (χ3v) is 5.82. The van der Waals surface area contributed by atoms with Crippen LogP contribution in [0.3, 0.4) is 0 Å². The average molecular weight is 295 g/mol. The topological polar surface area (TPSA) is 35.6 Å². The Balaban J connectivity index is 2.00. The second kappa shape index (κ2) is 6.66. The summed E-state index contributed by atoms with van der Waals surface area (Å²) in [6, 6.07) is 1.04. The molecule has 0 bridgehead atoms. The Morgan fingerprint density at radius 1 is 1.24 bits per heavy atom. The Labute approximate surface area is 130 Å². The number of hydrogen-bond donors (Lipinski definition) is 1. The predicted molar refractivity (Wildman–Crippen MR) is 87.3 cm³/mol. The molecule has 0 aliphatic carbocycles. The highest BCUT2D eigenvalue weighted by Crippen LogP contribution is 2.37. The molecule has 2 aliphatic heterocycles. The first-order valence-corrected chi connectivity index (χ1v) is 8.60. The number of piperidine rings is 1. The summed E-state index contributed by atoms with van der Waals surface area (Å²) in [5.74, 6) is 0.767. The van der Waals surface area contributed by atoms with Crippen LogP contribution in [0.5, 0.6) is 0 Å². The summed E-state index contributed by atoms with van der Waals surface area (Å²) in [4.78, 5) is 17.7. The standard InChI is InChI=1S/C17H33N3O/c1-13(2)17(8-9-18-12-17)16(21)19(5)15-6-10-20(11-7-15)14(3)4/h13-15,18H,6-12H2,1-5H3. The van der Waals surface area contributed by atoms with Crippen molar-refractivity contribution >= 4 is 5.91 Å². The van der Waals surface area contributed by atoms with E-state index in [1.165, 1.54) is 0 Å². The van der Waals surface area contributed by atoms with E-state index >= 15 is 0 Å². The van der Waals surface area contributed by atoms with Crippen LogP contribution in [-0.4, -0.2) is 61.0 Å². The normalized spacial score (nSPS) is 28.5. The molecule has 1 N–H and O–H groups in total. The number of hydrogen-bond acceptors (Lipinski definition) is 3. The molecule has 122 valence electrons. The molecule has 1 atom stereocenters. The lowest BCUT2D eigenvalue weighted by atomic mass is 9.75. The number of nitrogens with zero attached hydrogens (tertiary/aromatic N) is 2. The molecule has 2 fully saturated rings. The lowest BCUT2D eigenvalue weighted by Gasteiger charge is -2.42. The van der Waals surface area contributed by atoms with Crippen molar-refractivity contribution in [3.05, 3.63) is 0 Å². The van der Waals surface area contributed by atoms with Gasteiger partial charge in [0.15, 0.2) is 0 Å². The highest BCUT2D eigenvalue weighted by Gasteiger charge is 2.46. The van der Waals surface area contributed by atoms with Gasteiger partial charge in [-0.15, -0.1) is 0 Å². The first-order chi connectivity index (χ1) is 9.88. The van der Waals surface area contributed by atoms with Crippen LogP contribution in [0.1, 0.15) is 47.0 Å². The molecule has 0 aromatic rings. The van der Waals surface area contributed by atoms with Crippen LogP contribution in [0, 0.1) is 11.3 Å². The molecule has 2 saturated heterocycles. The summed E-state index contributed by atoms with van der Waals surface area (Å²) in [7, 11) is 2.03. The summed E-state index contributed by atoms with van der Waals surface area (Å²) in [5.41, 5.74) is -0.177. The van der Waals surface area contributed by atoms with Gasteiger partial charge in [0.1, 0.15) is 0 Å². The highest BCUT2D eigenvalue weighted by atomic mass is 16.2. The monoisotopic (exact) mass is 295 g/mol. The quantitative estimate of drug-likeness (QED) is 0.861. The van der Waals surface area contributed by atoms with Gasteiger partial charge in [-0.2, -0.15) is 0 Å².